The van der Waals surface area contributed by atoms with Crippen LogP contribution in [0.3, 0.4) is 0 Å². The van der Waals surface area contributed by atoms with Gasteiger partial charge >= 0.3 is 12.1 Å². The molecule has 0 saturated carbocycles. The molecule has 1 amide bonds. The van der Waals surface area contributed by atoms with Crippen LogP contribution < -0.4 is 0 Å². The Bertz CT molecular complexity index is 475. The standard InChI is InChI=1S/C13H13NO4/c1-9-7-14(11(9)12(15)16)13(17)18-8-10-5-3-2-4-6-10/h2-6,11H,1,7-8H2,(H,15,16). The monoisotopic (exact) mass is 247 g/mol. The topological polar surface area (TPSA) is 66.8 Å². The first-order valence-corrected chi connectivity index (χ1v) is 5.47. The van der Waals surface area contributed by atoms with Gasteiger partial charge in [-0.15, -0.1) is 0 Å². The van der Waals surface area contributed by atoms with Crippen molar-refractivity contribution in [2.45, 2.75) is 12.6 Å². The van der Waals surface area contributed by atoms with Crippen LogP contribution in [0.25, 0.3) is 0 Å². The van der Waals surface area contributed by atoms with Gasteiger partial charge in [0.05, 0.1) is 0 Å². The summed E-state index contributed by atoms with van der Waals surface area (Å²) in [4.78, 5) is 23.7. The number of hydrogen-bond donors (Lipinski definition) is 1. The largest absolute Gasteiger partial charge is 0.479 e. The first-order chi connectivity index (χ1) is 8.59. The molecule has 1 heterocycles. The van der Waals surface area contributed by atoms with Crippen LogP contribution in [-0.4, -0.2) is 34.7 Å². The second-order valence-electron chi connectivity index (χ2n) is 4.07. The van der Waals surface area contributed by atoms with Crippen molar-refractivity contribution in [1.29, 1.82) is 0 Å². The van der Waals surface area contributed by atoms with E-state index in [1.54, 1.807) is 0 Å². The summed E-state index contributed by atoms with van der Waals surface area (Å²) in [6, 6.07) is 8.26. The molecule has 1 fully saturated rings. The lowest BCUT2D eigenvalue weighted by Gasteiger charge is -2.38. The molecule has 1 aromatic carbocycles. The highest BCUT2D eigenvalue weighted by molar-refractivity contribution is 5.86. The van der Waals surface area contributed by atoms with Gasteiger partial charge in [0.2, 0.25) is 0 Å². The summed E-state index contributed by atoms with van der Waals surface area (Å²) in [5, 5.41) is 8.90. The maximum Gasteiger partial charge on any atom is 0.411 e. The molecule has 0 aliphatic carbocycles. The highest BCUT2D eigenvalue weighted by Crippen LogP contribution is 2.23. The van der Waals surface area contributed by atoms with Crippen molar-refractivity contribution in [2.75, 3.05) is 6.54 Å². The Hall–Kier alpha value is -2.30. The smallest absolute Gasteiger partial charge is 0.411 e. The van der Waals surface area contributed by atoms with Crippen LogP contribution in [0.4, 0.5) is 4.79 Å². The molecule has 1 aliphatic rings. The molecule has 1 unspecified atom stereocenters. The highest BCUT2D eigenvalue weighted by atomic mass is 16.6. The van der Waals surface area contributed by atoms with Gasteiger partial charge in [0.15, 0.2) is 6.04 Å². The molecule has 1 saturated heterocycles. The predicted octanol–water partition coefficient (Wildman–Crippen LogP) is 1.65. The molecule has 5 nitrogen and oxygen atoms in total. The maximum absolute atomic E-state index is 11.7. The zero-order chi connectivity index (χ0) is 13.1. The van der Waals surface area contributed by atoms with Gasteiger partial charge in [0.1, 0.15) is 6.61 Å². The van der Waals surface area contributed by atoms with E-state index in [-0.39, 0.29) is 13.2 Å². The van der Waals surface area contributed by atoms with E-state index in [9.17, 15) is 9.59 Å². The number of likely N-dealkylation sites (tertiary alicyclic amines) is 1. The van der Waals surface area contributed by atoms with Gasteiger partial charge in [-0.1, -0.05) is 36.9 Å². The summed E-state index contributed by atoms with van der Waals surface area (Å²) in [7, 11) is 0. The molecule has 0 radical (unpaired) electrons. The van der Waals surface area contributed by atoms with Crippen LogP contribution in [0.5, 0.6) is 0 Å². The zero-order valence-electron chi connectivity index (χ0n) is 9.70. The zero-order valence-corrected chi connectivity index (χ0v) is 9.70. The van der Waals surface area contributed by atoms with E-state index in [1.807, 2.05) is 30.3 Å². The second kappa shape index (κ2) is 4.91. The average molecular weight is 247 g/mol. The number of ether oxygens (including phenoxy) is 1. The summed E-state index contributed by atoms with van der Waals surface area (Å²) in [6.07, 6.45) is -0.626. The fourth-order valence-electron chi connectivity index (χ4n) is 1.78. The first-order valence-electron chi connectivity index (χ1n) is 5.47. The van der Waals surface area contributed by atoms with Crippen molar-refractivity contribution in [3.8, 4) is 0 Å². The molecule has 1 aromatic rings. The minimum atomic E-state index is -1.08. The highest BCUT2D eigenvalue weighted by Gasteiger charge is 2.42. The summed E-state index contributed by atoms with van der Waals surface area (Å²) in [5.41, 5.74) is 1.37. The Morgan fingerprint density at radius 2 is 2.06 bits per heavy atom. The third-order valence-electron chi connectivity index (χ3n) is 2.75. The maximum atomic E-state index is 11.7. The van der Waals surface area contributed by atoms with Gasteiger partial charge in [-0.05, 0) is 11.1 Å². The fraction of sp³-hybridized carbons (Fsp3) is 0.231. The van der Waals surface area contributed by atoms with Crippen molar-refractivity contribution in [3.05, 3.63) is 48.0 Å². The number of carboxylic acids is 1. The lowest BCUT2D eigenvalue weighted by Crippen LogP contribution is -2.57. The lowest BCUT2D eigenvalue weighted by molar-refractivity contribution is -0.143. The molecule has 2 rings (SSSR count). The van der Waals surface area contributed by atoms with Crippen LogP contribution in [0.1, 0.15) is 5.56 Å². The van der Waals surface area contributed by atoms with Gasteiger partial charge < -0.3 is 9.84 Å². The minimum Gasteiger partial charge on any atom is -0.479 e. The Morgan fingerprint density at radius 1 is 1.39 bits per heavy atom. The Morgan fingerprint density at radius 3 is 2.61 bits per heavy atom. The molecule has 0 bridgehead atoms. The molecule has 1 N–H and O–H groups in total. The number of nitrogens with zero attached hydrogens (tertiary/aromatic N) is 1. The SMILES string of the molecule is C=C1CN(C(=O)OCc2ccccc2)C1C(=O)O. The first kappa shape index (κ1) is 12.2. The Kier molecular flexibility index (Phi) is 3.32. The average Bonchev–Trinajstić information content (AvgIpc) is 2.33. The number of rotatable bonds is 3. The van der Waals surface area contributed by atoms with Gasteiger partial charge in [-0.2, -0.15) is 0 Å². The molecule has 94 valence electrons. The lowest BCUT2D eigenvalue weighted by atomic mass is 9.98. The van der Waals surface area contributed by atoms with Gasteiger partial charge in [0.25, 0.3) is 0 Å². The van der Waals surface area contributed by atoms with Gasteiger partial charge in [-0.3, -0.25) is 4.90 Å². The van der Waals surface area contributed by atoms with E-state index < -0.39 is 18.1 Å². The van der Waals surface area contributed by atoms with E-state index >= 15 is 0 Å². The van der Waals surface area contributed by atoms with Crippen molar-refractivity contribution in [1.82, 2.24) is 4.90 Å². The minimum absolute atomic E-state index is 0.134. The summed E-state index contributed by atoms with van der Waals surface area (Å²) in [5.74, 6) is -1.08. The molecule has 18 heavy (non-hydrogen) atoms. The summed E-state index contributed by atoms with van der Waals surface area (Å²) >= 11 is 0. The second-order valence-corrected chi connectivity index (χ2v) is 4.07. The molecule has 1 aliphatic heterocycles. The molecule has 0 spiro atoms. The van der Waals surface area contributed by atoms with E-state index in [2.05, 4.69) is 6.58 Å². The number of carbonyl (C=O) groups excluding carboxylic acids is 1. The molecular weight excluding hydrogens is 234 g/mol. The fourth-order valence-corrected chi connectivity index (χ4v) is 1.78. The quantitative estimate of drug-likeness (QED) is 0.825. The number of carboxylic acid groups (broad SMARTS) is 1. The summed E-state index contributed by atoms with van der Waals surface area (Å²) < 4.78 is 5.04. The number of amides is 1. The number of benzene rings is 1. The van der Waals surface area contributed by atoms with Crippen molar-refractivity contribution in [2.24, 2.45) is 0 Å². The van der Waals surface area contributed by atoms with Gasteiger partial charge in [-0.25, -0.2) is 9.59 Å². The van der Waals surface area contributed by atoms with Gasteiger partial charge in [0, 0.05) is 6.54 Å². The van der Waals surface area contributed by atoms with Crippen molar-refractivity contribution >= 4 is 12.1 Å². The van der Waals surface area contributed by atoms with E-state index in [1.165, 1.54) is 0 Å². The normalized spacial score (nSPS) is 18.1. The molecule has 0 aromatic heterocycles. The van der Waals surface area contributed by atoms with Crippen LogP contribution in [0.2, 0.25) is 0 Å². The third kappa shape index (κ3) is 2.34. The predicted molar refractivity (Wildman–Crippen MR) is 63.9 cm³/mol. The van der Waals surface area contributed by atoms with E-state index in [4.69, 9.17) is 9.84 Å². The van der Waals surface area contributed by atoms with Crippen LogP contribution in [0.15, 0.2) is 42.5 Å². The Balaban J connectivity index is 1.90. The van der Waals surface area contributed by atoms with Crippen molar-refractivity contribution in [3.63, 3.8) is 0 Å². The number of hydrogen-bond acceptors (Lipinski definition) is 3. The molecular formula is C13H13NO4. The third-order valence-corrected chi connectivity index (χ3v) is 2.75. The van der Waals surface area contributed by atoms with Crippen molar-refractivity contribution < 1.29 is 19.4 Å². The molecule has 5 heteroatoms. The van der Waals surface area contributed by atoms with E-state index in [0.717, 1.165) is 10.5 Å². The molecule has 1 atom stereocenters. The van der Waals surface area contributed by atoms with Crippen LogP contribution in [0, 0.1) is 0 Å². The number of aliphatic carboxylic acids is 1. The van der Waals surface area contributed by atoms with Crippen LogP contribution in [-0.2, 0) is 16.1 Å². The van der Waals surface area contributed by atoms with Crippen LogP contribution >= 0.6 is 0 Å². The summed E-state index contributed by atoms with van der Waals surface area (Å²) in [6.45, 7) is 3.96. The number of carbonyl (C=O) groups is 2. The Labute approximate surface area is 104 Å². The van der Waals surface area contributed by atoms with E-state index in [0.29, 0.717) is 5.57 Å².